The van der Waals surface area contributed by atoms with Crippen molar-refractivity contribution >= 4 is 40.1 Å². The number of aryl methyl sites for hydroxylation is 1. The lowest BCUT2D eigenvalue weighted by atomic mass is 10.0. The normalized spacial score (nSPS) is 17.4. The molecule has 0 unspecified atom stereocenters. The summed E-state index contributed by atoms with van der Waals surface area (Å²) >= 11 is 0. The highest BCUT2D eigenvalue weighted by Crippen LogP contribution is 2.30. The number of fused-ring (bicyclic) bond motifs is 2. The van der Waals surface area contributed by atoms with Gasteiger partial charge in [-0.3, -0.25) is 9.59 Å². The van der Waals surface area contributed by atoms with Crippen molar-refractivity contribution in [3.63, 3.8) is 0 Å². The smallest absolute Gasteiger partial charge is 0.321 e. The largest absolute Gasteiger partial charge is 0.488 e. The number of amides is 4. The number of hydrogen-bond donors (Lipinski definition) is 3. The van der Waals surface area contributed by atoms with Gasteiger partial charge in [-0.25, -0.2) is 4.79 Å². The molecule has 0 fully saturated rings. The number of nitrogens with zero attached hydrogens (tertiary/aromatic N) is 3. The maximum atomic E-state index is 13.6. The highest BCUT2D eigenvalue weighted by Gasteiger charge is 2.32. The summed E-state index contributed by atoms with van der Waals surface area (Å²) in [6.45, 7) is 4.22. The predicted molar refractivity (Wildman–Crippen MR) is 175 cm³/mol. The highest BCUT2D eigenvalue weighted by atomic mass is 16.5. The van der Waals surface area contributed by atoms with Crippen LogP contribution < -0.4 is 15.4 Å². The number of aliphatic hydroxyl groups is 1. The average molecular weight is 612 g/mol. The molecule has 3 aromatic carbocycles. The van der Waals surface area contributed by atoms with Crippen LogP contribution in [0.2, 0.25) is 0 Å². The Kier molecular flexibility index (Phi) is 9.73. The molecule has 1 aromatic heterocycles. The van der Waals surface area contributed by atoms with Gasteiger partial charge in [-0.05, 0) is 48.9 Å². The molecule has 0 radical (unpaired) electrons. The van der Waals surface area contributed by atoms with Crippen LogP contribution in [0.25, 0.3) is 10.9 Å². The number of aliphatic hydroxyl groups excluding tert-OH is 1. The van der Waals surface area contributed by atoms with E-state index in [9.17, 15) is 19.5 Å². The molecule has 5 rings (SSSR count). The average Bonchev–Trinajstić information content (AvgIpc) is 3.36. The van der Waals surface area contributed by atoms with Gasteiger partial charge in [-0.15, -0.1) is 0 Å². The molecule has 10 nitrogen and oxygen atoms in total. The number of likely N-dealkylation sites (N-methyl/N-ethyl adjacent to an activating group) is 1. The molecule has 0 saturated heterocycles. The molecule has 0 spiro atoms. The van der Waals surface area contributed by atoms with Crippen LogP contribution in [0.1, 0.15) is 25.0 Å². The second-order valence-corrected chi connectivity index (χ2v) is 11.9. The van der Waals surface area contributed by atoms with Crippen LogP contribution in [0.5, 0.6) is 5.75 Å². The third-order valence-electron chi connectivity index (χ3n) is 8.36. The highest BCUT2D eigenvalue weighted by molar-refractivity contribution is 5.96. The topological polar surface area (TPSA) is 116 Å². The number of aromatic nitrogens is 1. The Bertz CT molecular complexity index is 1670. The second kappa shape index (κ2) is 13.9. The van der Waals surface area contributed by atoms with Gasteiger partial charge in [0.25, 0.3) is 0 Å². The summed E-state index contributed by atoms with van der Waals surface area (Å²) in [5, 5.41) is 16.9. The SMILES string of the molecule is C[C@@H]1CN([C@H](C)CO)C(=O)Cc2cc(NC(=O)Cc3cn(C)c4ccccc34)ccc2O[C@H]1CN(C)C(=O)Nc1ccccc1. The van der Waals surface area contributed by atoms with Gasteiger partial charge in [0, 0.05) is 60.6 Å². The van der Waals surface area contributed by atoms with Crippen LogP contribution in [0, 0.1) is 5.92 Å². The van der Waals surface area contributed by atoms with Crippen molar-refractivity contribution < 1.29 is 24.2 Å². The molecular weight excluding hydrogens is 570 g/mol. The zero-order valence-corrected chi connectivity index (χ0v) is 26.2. The zero-order valence-electron chi connectivity index (χ0n) is 26.2. The molecule has 3 N–H and O–H groups in total. The second-order valence-electron chi connectivity index (χ2n) is 11.9. The summed E-state index contributed by atoms with van der Waals surface area (Å²) in [6.07, 6.45) is 1.75. The third-order valence-corrected chi connectivity index (χ3v) is 8.36. The van der Waals surface area contributed by atoms with Crippen molar-refractivity contribution in [2.24, 2.45) is 13.0 Å². The molecule has 236 valence electrons. The number of carbonyl (C=O) groups is 3. The third kappa shape index (κ3) is 7.46. The van der Waals surface area contributed by atoms with Crippen molar-refractivity contribution in [2.75, 3.05) is 37.4 Å². The number of ether oxygens (including phenoxy) is 1. The lowest BCUT2D eigenvalue weighted by Crippen LogP contribution is -2.48. The molecule has 0 saturated carbocycles. The van der Waals surface area contributed by atoms with Gasteiger partial charge in [0.1, 0.15) is 11.9 Å². The molecule has 2 heterocycles. The summed E-state index contributed by atoms with van der Waals surface area (Å²) in [4.78, 5) is 42.9. The van der Waals surface area contributed by atoms with Gasteiger partial charge in [0.2, 0.25) is 11.8 Å². The zero-order chi connectivity index (χ0) is 32.1. The molecule has 4 aromatic rings. The lowest BCUT2D eigenvalue weighted by molar-refractivity contribution is -0.134. The summed E-state index contributed by atoms with van der Waals surface area (Å²) < 4.78 is 8.55. The summed E-state index contributed by atoms with van der Waals surface area (Å²) in [6, 6.07) is 21.8. The Hall–Kier alpha value is -4.83. The van der Waals surface area contributed by atoms with E-state index in [2.05, 4.69) is 10.6 Å². The van der Waals surface area contributed by atoms with E-state index in [1.54, 1.807) is 35.0 Å². The molecule has 1 aliphatic heterocycles. The van der Waals surface area contributed by atoms with E-state index in [0.717, 1.165) is 16.5 Å². The summed E-state index contributed by atoms with van der Waals surface area (Å²) in [7, 11) is 3.66. The number of para-hydroxylation sites is 2. The minimum atomic E-state index is -0.457. The minimum Gasteiger partial charge on any atom is -0.488 e. The quantitative estimate of drug-likeness (QED) is 0.268. The maximum absolute atomic E-state index is 13.6. The van der Waals surface area contributed by atoms with Crippen molar-refractivity contribution in [3.05, 3.63) is 90.1 Å². The van der Waals surface area contributed by atoms with Crippen LogP contribution in [0.3, 0.4) is 0 Å². The van der Waals surface area contributed by atoms with Gasteiger partial charge in [0.15, 0.2) is 0 Å². The fourth-order valence-corrected chi connectivity index (χ4v) is 5.76. The summed E-state index contributed by atoms with van der Waals surface area (Å²) in [5.74, 6) is 0.0292. The predicted octanol–water partition coefficient (Wildman–Crippen LogP) is 4.67. The molecular formula is C35H41N5O5. The van der Waals surface area contributed by atoms with Crippen molar-refractivity contribution in [1.29, 1.82) is 0 Å². The van der Waals surface area contributed by atoms with Crippen LogP contribution in [0.15, 0.2) is 79.0 Å². The standard InChI is InChI=1S/C35H41N5O5/c1-23-19-40(24(2)22-41)34(43)18-25-16-28(36-33(42)17-26-20-38(3)30-13-9-8-12-29(26)30)14-15-31(25)45-32(23)21-39(4)35(44)37-27-10-6-5-7-11-27/h5-16,20,23-24,32,41H,17-19,21-22H2,1-4H3,(H,36,42)(H,37,44)/t23-,24-,32+/m1/s1. The van der Waals surface area contributed by atoms with Crippen molar-refractivity contribution in [3.8, 4) is 5.75 Å². The Morgan fingerprint density at radius 2 is 1.78 bits per heavy atom. The molecule has 4 amide bonds. The van der Waals surface area contributed by atoms with E-state index in [1.807, 2.05) is 86.3 Å². The maximum Gasteiger partial charge on any atom is 0.321 e. The van der Waals surface area contributed by atoms with Gasteiger partial charge < -0.3 is 34.8 Å². The molecule has 10 heteroatoms. The van der Waals surface area contributed by atoms with Gasteiger partial charge >= 0.3 is 6.03 Å². The Morgan fingerprint density at radius 3 is 2.53 bits per heavy atom. The first-order chi connectivity index (χ1) is 21.6. The van der Waals surface area contributed by atoms with Crippen molar-refractivity contribution in [2.45, 2.75) is 38.8 Å². The van der Waals surface area contributed by atoms with Crippen LogP contribution in [-0.4, -0.2) is 76.2 Å². The Morgan fingerprint density at radius 1 is 1.04 bits per heavy atom. The first-order valence-corrected chi connectivity index (χ1v) is 15.2. The van der Waals surface area contributed by atoms with Crippen LogP contribution in [-0.2, 0) is 29.5 Å². The summed E-state index contributed by atoms with van der Waals surface area (Å²) in [5.41, 5.74) is 3.85. The van der Waals surface area contributed by atoms with E-state index in [4.69, 9.17) is 4.74 Å². The number of carbonyl (C=O) groups excluding carboxylic acids is 3. The Balaban J connectivity index is 1.36. The molecule has 0 bridgehead atoms. The molecule has 1 aliphatic rings. The monoisotopic (exact) mass is 611 g/mol. The number of urea groups is 1. The van der Waals surface area contributed by atoms with Gasteiger partial charge in [0.05, 0.1) is 32.0 Å². The molecule has 3 atom stereocenters. The van der Waals surface area contributed by atoms with E-state index in [-0.39, 0.29) is 49.8 Å². The fourth-order valence-electron chi connectivity index (χ4n) is 5.76. The Labute approximate surface area is 263 Å². The van der Waals surface area contributed by atoms with E-state index >= 15 is 0 Å². The van der Waals surface area contributed by atoms with E-state index < -0.39 is 12.1 Å². The van der Waals surface area contributed by atoms with Crippen LogP contribution in [0.4, 0.5) is 16.2 Å². The number of nitrogens with one attached hydrogen (secondary N) is 2. The number of anilines is 2. The lowest BCUT2D eigenvalue weighted by Gasteiger charge is -2.34. The molecule has 45 heavy (non-hydrogen) atoms. The number of hydrogen-bond acceptors (Lipinski definition) is 5. The number of rotatable bonds is 8. The first kappa shape index (κ1) is 31.6. The number of benzene rings is 3. The van der Waals surface area contributed by atoms with Crippen molar-refractivity contribution in [1.82, 2.24) is 14.4 Å². The van der Waals surface area contributed by atoms with Crippen LogP contribution >= 0.6 is 0 Å². The first-order valence-electron chi connectivity index (χ1n) is 15.2. The molecule has 0 aliphatic carbocycles. The van der Waals surface area contributed by atoms with E-state index in [0.29, 0.717) is 29.2 Å². The van der Waals surface area contributed by atoms with Gasteiger partial charge in [-0.2, -0.15) is 0 Å². The fraction of sp³-hybridized carbons (Fsp3) is 0.343. The van der Waals surface area contributed by atoms with E-state index in [1.165, 1.54) is 0 Å². The van der Waals surface area contributed by atoms with Gasteiger partial charge in [-0.1, -0.05) is 43.3 Å². The minimum absolute atomic E-state index is 0.0382.